The van der Waals surface area contributed by atoms with Crippen LogP contribution in [0.25, 0.3) is 0 Å². The van der Waals surface area contributed by atoms with Crippen LogP contribution < -0.4 is 0 Å². The molecule has 1 fully saturated rings. The van der Waals surface area contributed by atoms with E-state index in [9.17, 15) is 0 Å². The van der Waals surface area contributed by atoms with Crippen molar-refractivity contribution in [1.82, 2.24) is 0 Å². The van der Waals surface area contributed by atoms with Crippen molar-refractivity contribution < 1.29 is 18.8 Å². The van der Waals surface area contributed by atoms with Crippen LogP contribution in [0, 0.1) is 11.7 Å². The second kappa shape index (κ2) is 11.4. The summed E-state index contributed by atoms with van der Waals surface area (Å²) in [6, 6.07) is 40.6. The minimum absolute atomic E-state index is 0.636. The van der Waals surface area contributed by atoms with Crippen LogP contribution in [0.2, 0.25) is 0 Å². The average Bonchev–Trinajstić information content (AvgIpc) is 3.41. The summed E-state index contributed by atoms with van der Waals surface area (Å²) >= 11 is 0. The van der Waals surface area contributed by atoms with Crippen molar-refractivity contribution >= 4 is 7.12 Å². The van der Waals surface area contributed by atoms with Gasteiger partial charge in [0, 0.05) is 14.2 Å². The van der Waals surface area contributed by atoms with Gasteiger partial charge in [-0.05, 0) is 29.2 Å². The van der Waals surface area contributed by atoms with E-state index >= 15 is 0 Å². The van der Waals surface area contributed by atoms with E-state index in [2.05, 4.69) is 60.3 Å². The first-order chi connectivity index (χ1) is 18.7. The van der Waals surface area contributed by atoms with Crippen LogP contribution >= 0.6 is 0 Å². The lowest BCUT2D eigenvalue weighted by Crippen LogP contribution is -2.56. The third-order valence-corrected chi connectivity index (χ3v) is 7.33. The Morgan fingerprint density at radius 3 is 1.08 bits per heavy atom. The van der Waals surface area contributed by atoms with Gasteiger partial charge in [0.1, 0.15) is 23.4 Å². The molecule has 5 heteroatoms. The zero-order valence-corrected chi connectivity index (χ0v) is 21.9. The zero-order valence-electron chi connectivity index (χ0n) is 21.9. The highest BCUT2D eigenvalue weighted by molar-refractivity contribution is 6.55. The molecule has 4 aromatic carbocycles. The molecule has 5 rings (SSSR count). The number of hydrogen-bond donors (Lipinski definition) is 0. The Hall–Kier alpha value is -3.66. The minimum atomic E-state index is -1.02. The molecular formula is C33H31BO4. The van der Waals surface area contributed by atoms with Gasteiger partial charge in [0.25, 0.3) is 0 Å². The molecule has 0 N–H and O–H groups in total. The van der Waals surface area contributed by atoms with Crippen LogP contribution in [-0.4, -0.2) is 33.5 Å². The SMILES string of the molecule is CC#CB1OC(C(OC)(c2ccccc2)c2ccccc2)C(C(OC)(c2ccccc2)c2ccccc2)O1. The van der Waals surface area contributed by atoms with Gasteiger partial charge in [-0.1, -0.05) is 127 Å². The molecule has 0 amide bonds. The molecule has 190 valence electrons. The summed E-state index contributed by atoms with van der Waals surface area (Å²) in [6.45, 7) is 1.78. The molecule has 1 heterocycles. The number of methoxy groups -OCH3 is 2. The summed E-state index contributed by atoms with van der Waals surface area (Å²) in [4.78, 5) is 0. The molecule has 2 atom stereocenters. The Morgan fingerprint density at radius 2 is 0.842 bits per heavy atom. The van der Waals surface area contributed by atoms with Gasteiger partial charge >= 0.3 is 7.12 Å². The van der Waals surface area contributed by atoms with Crippen molar-refractivity contribution in [2.24, 2.45) is 0 Å². The van der Waals surface area contributed by atoms with Gasteiger partial charge in [0.2, 0.25) is 0 Å². The van der Waals surface area contributed by atoms with E-state index in [1.807, 2.05) is 72.8 Å². The third kappa shape index (κ3) is 4.36. The van der Waals surface area contributed by atoms with Crippen LogP contribution in [-0.2, 0) is 30.0 Å². The lowest BCUT2D eigenvalue weighted by molar-refractivity contribution is -0.136. The van der Waals surface area contributed by atoms with E-state index in [1.165, 1.54) is 0 Å². The summed E-state index contributed by atoms with van der Waals surface area (Å²) < 4.78 is 26.6. The Bertz CT molecular complexity index is 1190. The summed E-state index contributed by atoms with van der Waals surface area (Å²) in [5.41, 5.74) is 1.74. The smallest absolute Gasteiger partial charge is 0.391 e. The first kappa shape index (κ1) is 26.0. The molecule has 0 radical (unpaired) electrons. The maximum Gasteiger partial charge on any atom is 0.550 e. The fourth-order valence-corrected chi connectivity index (χ4v) is 5.68. The Kier molecular flexibility index (Phi) is 7.78. The number of hydrogen-bond acceptors (Lipinski definition) is 4. The standard InChI is InChI=1S/C33H31BO4/c1-4-25-34-37-30(32(35-2,26-17-9-5-10-18-26)27-19-11-6-12-20-27)31(38-34)33(36-3,28-21-13-7-14-22-28)29-23-15-8-16-24-29/h5-24,30-31H,1-3H3. The van der Waals surface area contributed by atoms with Gasteiger partial charge in [-0.3, -0.25) is 0 Å². The van der Waals surface area contributed by atoms with E-state index in [4.69, 9.17) is 18.8 Å². The lowest BCUT2D eigenvalue weighted by Gasteiger charge is -2.46. The molecule has 0 bridgehead atoms. The third-order valence-electron chi connectivity index (χ3n) is 7.33. The molecule has 0 aromatic heterocycles. The highest BCUT2D eigenvalue weighted by Gasteiger charge is 2.61. The van der Waals surface area contributed by atoms with Crippen molar-refractivity contribution in [2.45, 2.75) is 30.3 Å². The maximum atomic E-state index is 6.73. The first-order valence-corrected chi connectivity index (χ1v) is 12.8. The van der Waals surface area contributed by atoms with E-state index in [1.54, 1.807) is 21.1 Å². The fourth-order valence-electron chi connectivity index (χ4n) is 5.68. The van der Waals surface area contributed by atoms with Crippen molar-refractivity contribution in [2.75, 3.05) is 14.2 Å². The predicted octanol–water partition coefficient (Wildman–Crippen LogP) is 6.00. The van der Waals surface area contributed by atoms with Crippen LogP contribution in [0.3, 0.4) is 0 Å². The van der Waals surface area contributed by atoms with Gasteiger partial charge < -0.3 is 18.8 Å². The number of benzene rings is 4. The fraction of sp³-hybridized carbons (Fsp3) is 0.212. The molecule has 4 nitrogen and oxygen atoms in total. The minimum Gasteiger partial charge on any atom is -0.391 e. The van der Waals surface area contributed by atoms with Crippen LogP contribution in [0.15, 0.2) is 121 Å². The molecule has 2 unspecified atom stereocenters. The van der Waals surface area contributed by atoms with Crippen molar-refractivity contribution in [3.8, 4) is 11.7 Å². The van der Waals surface area contributed by atoms with Crippen molar-refractivity contribution in [3.63, 3.8) is 0 Å². The molecule has 1 aliphatic heterocycles. The second-order valence-corrected chi connectivity index (χ2v) is 9.18. The quantitative estimate of drug-likeness (QED) is 0.219. The van der Waals surface area contributed by atoms with Gasteiger partial charge in [-0.25, -0.2) is 0 Å². The molecule has 0 saturated carbocycles. The van der Waals surface area contributed by atoms with Crippen LogP contribution in [0.4, 0.5) is 0 Å². The lowest BCUT2D eigenvalue weighted by atomic mass is 9.71. The first-order valence-electron chi connectivity index (χ1n) is 12.8. The summed E-state index contributed by atoms with van der Waals surface area (Å²) in [5, 5.41) is 0. The topological polar surface area (TPSA) is 36.9 Å². The highest BCUT2D eigenvalue weighted by atomic mass is 16.7. The summed E-state index contributed by atoms with van der Waals surface area (Å²) in [7, 11) is 2.68. The largest absolute Gasteiger partial charge is 0.550 e. The number of rotatable bonds is 8. The molecule has 0 spiro atoms. The van der Waals surface area contributed by atoms with Gasteiger partial charge in [-0.2, -0.15) is 0 Å². The maximum absolute atomic E-state index is 6.73. The Balaban J connectivity index is 1.81. The van der Waals surface area contributed by atoms with Crippen molar-refractivity contribution in [3.05, 3.63) is 144 Å². The summed E-state index contributed by atoms with van der Waals surface area (Å²) in [6.07, 6.45) is -1.27. The molecule has 0 aliphatic carbocycles. The zero-order chi connectivity index (χ0) is 26.4. The normalized spacial score (nSPS) is 17.6. The van der Waals surface area contributed by atoms with E-state index in [0.717, 1.165) is 22.3 Å². The Morgan fingerprint density at radius 1 is 0.553 bits per heavy atom. The number of ether oxygens (including phenoxy) is 2. The molecule has 4 aromatic rings. The van der Waals surface area contributed by atoms with Crippen LogP contribution in [0.5, 0.6) is 0 Å². The van der Waals surface area contributed by atoms with Crippen molar-refractivity contribution in [1.29, 1.82) is 0 Å². The molecular weight excluding hydrogens is 471 g/mol. The molecule has 1 aliphatic rings. The van der Waals surface area contributed by atoms with Gasteiger partial charge in [0.15, 0.2) is 0 Å². The highest BCUT2D eigenvalue weighted by Crippen LogP contribution is 2.50. The Labute approximate surface area is 225 Å². The van der Waals surface area contributed by atoms with E-state index in [0.29, 0.717) is 0 Å². The van der Waals surface area contributed by atoms with Gasteiger partial charge in [-0.15, -0.1) is 5.92 Å². The van der Waals surface area contributed by atoms with Crippen LogP contribution in [0.1, 0.15) is 29.2 Å². The van der Waals surface area contributed by atoms with E-state index in [-0.39, 0.29) is 0 Å². The van der Waals surface area contributed by atoms with Gasteiger partial charge in [0.05, 0.1) is 0 Å². The van der Waals surface area contributed by atoms with E-state index < -0.39 is 30.5 Å². The second-order valence-electron chi connectivity index (χ2n) is 9.18. The average molecular weight is 502 g/mol. The summed E-state index contributed by atoms with van der Waals surface area (Å²) in [5.74, 6) is 6.06. The molecule has 1 saturated heterocycles. The molecule has 38 heavy (non-hydrogen) atoms. The monoisotopic (exact) mass is 502 g/mol. The predicted molar refractivity (Wildman–Crippen MR) is 150 cm³/mol.